The third kappa shape index (κ3) is 2.38. The minimum atomic E-state index is -0.350. The molecule has 0 unspecified atom stereocenters. The molecule has 1 aromatic heterocycles. The lowest BCUT2D eigenvalue weighted by Crippen LogP contribution is -2.15. The van der Waals surface area contributed by atoms with Crippen LogP contribution in [0.5, 0.6) is 11.5 Å². The molecule has 2 heterocycles. The second-order valence-electron chi connectivity index (χ2n) is 5.39. The van der Waals surface area contributed by atoms with Crippen LogP contribution in [0.2, 0.25) is 0 Å². The minimum Gasteiger partial charge on any atom is -0.486 e. The predicted molar refractivity (Wildman–Crippen MR) is 85.1 cm³/mol. The monoisotopic (exact) mass is 310 g/mol. The molecule has 6 nitrogen and oxygen atoms in total. The van der Waals surface area contributed by atoms with Crippen molar-refractivity contribution < 1.29 is 14.4 Å². The van der Waals surface area contributed by atoms with Crippen molar-refractivity contribution in [3.63, 3.8) is 0 Å². The van der Waals surface area contributed by atoms with Gasteiger partial charge in [-0.15, -0.1) is 0 Å². The van der Waals surface area contributed by atoms with Crippen molar-refractivity contribution in [1.29, 1.82) is 0 Å². The van der Waals surface area contributed by atoms with E-state index in [4.69, 9.17) is 9.47 Å². The van der Waals surface area contributed by atoms with Gasteiger partial charge in [-0.2, -0.15) is 0 Å². The molecule has 0 saturated heterocycles. The van der Waals surface area contributed by atoms with Crippen molar-refractivity contribution in [2.24, 2.45) is 0 Å². The van der Waals surface area contributed by atoms with Crippen LogP contribution in [0.1, 0.15) is 5.56 Å². The van der Waals surface area contributed by atoms with Crippen LogP contribution < -0.4 is 9.47 Å². The molecule has 0 saturated carbocycles. The number of hydrogen-bond donors (Lipinski definition) is 0. The first-order valence-corrected chi connectivity index (χ1v) is 7.33. The summed E-state index contributed by atoms with van der Waals surface area (Å²) in [7, 11) is 0. The zero-order valence-electron chi connectivity index (χ0n) is 12.3. The second-order valence-corrected chi connectivity index (χ2v) is 5.39. The number of aromatic nitrogens is 1. The molecule has 0 amide bonds. The Morgan fingerprint density at radius 1 is 1.09 bits per heavy atom. The summed E-state index contributed by atoms with van der Waals surface area (Å²) in [6.45, 7) is 1.73. The van der Waals surface area contributed by atoms with E-state index in [9.17, 15) is 10.1 Å². The molecule has 116 valence electrons. The van der Waals surface area contributed by atoms with Crippen LogP contribution in [-0.4, -0.2) is 22.7 Å². The van der Waals surface area contributed by atoms with Gasteiger partial charge < -0.3 is 14.0 Å². The first-order chi connectivity index (χ1) is 11.2. The van der Waals surface area contributed by atoms with E-state index in [-0.39, 0.29) is 10.6 Å². The zero-order chi connectivity index (χ0) is 15.8. The van der Waals surface area contributed by atoms with E-state index in [0.717, 1.165) is 22.6 Å². The van der Waals surface area contributed by atoms with E-state index in [1.165, 1.54) is 6.07 Å². The smallest absolute Gasteiger partial charge is 0.278 e. The summed E-state index contributed by atoms with van der Waals surface area (Å²) in [6, 6.07) is 12.7. The van der Waals surface area contributed by atoms with Crippen molar-refractivity contribution in [2.45, 2.75) is 6.54 Å². The zero-order valence-corrected chi connectivity index (χ0v) is 12.3. The average Bonchev–Trinajstić information content (AvgIpc) is 2.97. The highest BCUT2D eigenvalue weighted by atomic mass is 16.6. The van der Waals surface area contributed by atoms with Crippen LogP contribution in [0.4, 0.5) is 5.69 Å². The Morgan fingerprint density at radius 3 is 2.74 bits per heavy atom. The molecule has 1 aliphatic rings. The van der Waals surface area contributed by atoms with E-state index in [0.29, 0.717) is 25.1 Å². The molecular weight excluding hydrogens is 296 g/mol. The number of nitrogens with zero attached hydrogens (tertiary/aromatic N) is 2. The molecule has 0 N–H and O–H groups in total. The molecular formula is C17H14N2O4. The van der Waals surface area contributed by atoms with Crippen molar-refractivity contribution in [3.8, 4) is 11.5 Å². The standard InChI is InChI=1S/C17H14N2O4/c20-19(21)15-3-1-2-14-13(15)6-7-18(14)11-12-4-5-16-17(10-12)23-9-8-22-16/h1-7,10H,8-9,11H2. The van der Waals surface area contributed by atoms with Crippen molar-refractivity contribution in [1.82, 2.24) is 4.57 Å². The van der Waals surface area contributed by atoms with Gasteiger partial charge in [-0.05, 0) is 29.8 Å². The maximum absolute atomic E-state index is 11.1. The Morgan fingerprint density at radius 2 is 1.91 bits per heavy atom. The first-order valence-electron chi connectivity index (χ1n) is 7.33. The molecule has 0 radical (unpaired) electrons. The van der Waals surface area contributed by atoms with Gasteiger partial charge in [0.25, 0.3) is 5.69 Å². The molecule has 3 aromatic rings. The molecule has 1 aliphatic heterocycles. The fraction of sp³-hybridized carbons (Fsp3) is 0.176. The molecule has 0 bridgehead atoms. The largest absolute Gasteiger partial charge is 0.486 e. The van der Waals surface area contributed by atoms with Crippen molar-refractivity contribution in [3.05, 3.63) is 64.3 Å². The molecule has 0 aliphatic carbocycles. The highest BCUT2D eigenvalue weighted by molar-refractivity contribution is 5.89. The number of nitro groups is 1. The maximum atomic E-state index is 11.1. The highest BCUT2D eigenvalue weighted by Crippen LogP contribution is 2.32. The number of benzene rings is 2. The predicted octanol–water partition coefficient (Wildman–Crippen LogP) is 3.37. The van der Waals surface area contributed by atoms with Gasteiger partial charge in [0.15, 0.2) is 11.5 Å². The molecule has 0 atom stereocenters. The summed E-state index contributed by atoms with van der Waals surface area (Å²) < 4.78 is 13.1. The van der Waals surface area contributed by atoms with Crippen LogP contribution in [0.3, 0.4) is 0 Å². The van der Waals surface area contributed by atoms with Gasteiger partial charge in [-0.25, -0.2) is 0 Å². The quantitative estimate of drug-likeness (QED) is 0.549. The Kier molecular flexibility index (Phi) is 3.15. The number of nitro benzene ring substituents is 1. The molecule has 0 fully saturated rings. The summed E-state index contributed by atoms with van der Waals surface area (Å²) in [5, 5.41) is 11.8. The van der Waals surface area contributed by atoms with E-state index in [2.05, 4.69) is 0 Å². The number of hydrogen-bond acceptors (Lipinski definition) is 4. The van der Waals surface area contributed by atoms with E-state index in [1.54, 1.807) is 12.1 Å². The van der Waals surface area contributed by atoms with Gasteiger partial charge in [-0.3, -0.25) is 10.1 Å². The van der Waals surface area contributed by atoms with Crippen LogP contribution in [0.25, 0.3) is 10.9 Å². The molecule has 0 spiro atoms. The lowest BCUT2D eigenvalue weighted by molar-refractivity contribution is -0.383. The van der Waals surface area contributed by atoms with Crippen molar-refractivity contribution >= 4 is 16.6 Å². The number of fused-ring (bicyclic) bond motifs is 2. The average molecular weight is 310 g/mol. The van der Waals surface area contributed by atoms with E-state index in [1.807, 2.05) is 35.0 Å². The van der Waals surface area contributed by atoms with Gasteiger partial charge in [-0.1, -0.05) is 12.1 Å². The second kappa shape index (κ2) is 5.31. The minimum absolute atomic E-state index is 0.128. The fourth-order valence-corrected chi connectivity index (χ4v) is 2.89. The van der Waals surface area contributed by atoms with Crippen LogP contribution in [0, 0.1) is 10.1 Å². The first kappa shape index (κ1) is 13.6. The lowest BCUT2D eigenvalue weighted by Gasteiger charge is -2.19. The topological polar surface area (TPSA) is 66.5 Å². The molecule has 23 heavy (non-hydrogen) atoms. The normalized spacial score (nSPS) is 13.2. The summed E-state index contributed by atoms with van der Waals surface area (Å²) in [5.41, 5.74) is 2.02. The fourth-order valence-electron chi connectivity index (χ4n) is 2.89. The Bertz CT molecular complexity index is 901. The Labute approximate surface area is 132 Å². The van der Waals surface area contributed by atoms with Crippen molar-refractivity contribution in [2.75, 3.05) is 13.2 Å². The number of non-ortho nitro benzene ring substituents is 1. The Balaban J connectivity index is 1.71. The molecule has 2 aromatic carbocycles. The summed E-state index contributed by atoms with van der Waals surface area (Å²) in [5.74, 6) is 1.50. The van der Waals surface area contributed by atoms with Gasteiger partial charge in [0.2, 0.25) is 0 Å². The SMILES string of the molecule is O=[N+]([O-])c1cccc2c1ccn2Cc1ccc2c(c1)OCCO2. The summed E-state index contributed by atoms with van der Waals surface area (Å²) >= 11 is 0. The van der Waals surface area contributed by atoms with Gasteiger partial charge in [0.1, 0.15) is 13.2 Å². The third-order valence-electron chi connectivity index (χ3n) is 3.95. The summed E-state index contributed by atoms with van der Waals surface area (Å²) in [6.07, 6.45) is 1.87. The van der Waals surface area contributed by atoms with Gasteiger partial charge in [0, 0.05) is 18.8 Å². The van der Waals surface area contributed by atoms with Crippen LogP contribution >= 0.6 is 0 Å². The third-order valence-corrected chi connectivity index (χ3v) is 3.95. The highest BCUT2D eigenvalue weighted by Gasteiger charge is 2.15. The summed E-state index contributed by atoms with van der Waals surface area (Å²) in [4.78, 5) is 10.8. The molecule has 6 heteroatoms. The van der Waals surface area contributed by atoms with E-state index >= 15 is 0 Å². The Hall–Kier alpha value is -3.02. The van der Waals surface area contributed by atoms with Crippen LogP contribution in [-0.2, 0) is 6.54 Å². The maximum Gasteiger partial charge on any atom is 0.278 e. The number of rotatable bonds is 3. The molecule has 4 rings (SSSR count). The van der Waals surface area contributed by atoms with Gasteiger partial charge in [0.05, 0.1) is 15.8 Å². The van der Waals surface area contributed by atoms with Gasteiger partial charge >= 0.3 is 0 Å². The number of ether oxygens (including phenoxy) is 2. The van der Waals surface area contributed by atoms with Crippen LogP contribution in [0.15, 0.2) is 48.7 Å². The van der Waals surface area contributed by atoms with E-state index < -0.39 is 0 Å². The lowest BCUT2D eigenvalue weighted by atomic mass is 10.2.